The van der Waals surface area contributed by atoms with Gasteiger partial charge < -0.3 is 5.11 Å². The highest BCUT2D eigenvalue weighted by atomic mass is 19.3. The summed E-state index contributed by atoms with van der Waals surface area (Å²) in [6, 6.07) is 8.90. The molecular formula is C18H22F4N4O3. The normalized spacial score (nSPS) is 17.7. The van der Waals surface area contributed by atoms with Crippen LogP contribution in [0.15, 0.2) is 39.6 Å². The Morgan fingerprint density at radius 2 is 1.69 bits per heavy atom. The van der Waals surface area contributed by atoms with Crippen molar-refractivity contribution >= 4 is 0 Å². The monoisotopic (exact) mass is 418 g/mol. The van der Waals surface area contributed by atoms with Gasteiger partial charge in [-0.2, -0.15) is 8.78 Å². The maximum atomic E-state index is 13.2. The molecule has 1 aliphatic heterocycles. The van der Waals surface area contributed by atoms with Crippen molar-refractivity contribution in [2.24, 2.45) is 0 Å². The summed E-state index contributed by atoms with van der Waals surface area (Å²) in [6.07, 6.45) is -4.62. The van der Waals surface area contributed by atoms with Crippen molar-refractivity contribution in [2.75, 3.05) is 39.3 Å². The van der Waals surface area contributed by atoms with E-state index in [4.69, 9.17) is 4.52 Å². The molecule has 0 bridgehead atoms. The van der Waals surface area contributed by atoms with Crippen LogP contribution < -0.4 is 5.76 Å². The number of alkyl halides is 4. The second-order valence-electron chi connectivity index (χ2n) is 7.04. The Morgan fingerprint density at radius 3 is 2.31 bits per heavy atom. The molecule has 1 fully saturated rings. The maximum Gasteiger partial charge on any atom is 0.441 e. The second kappa shape index (κ2) is 9.06. The molecule has 2 aromatic rings. The van der Waals surface area contributed by atoms with Crippen LogP contribution in [0.2, 0.25) is 0 Å². The average Bonchev–Trinajstić information content (AvgIpc) is 3.04. The third-order valence-corrected chi connectivity index (χ3v) is 4.80. The Kier molecular flexibility index (Phi) is 6.70. The van der Waals surface area contributed by atoms with Crippen molar-refractivity contribution in [1.29, 1.82) is 0 Å². The molecule has 0 spiro atoms. The zero-order valence-electron chi connectivity index (χ0n) is 15.6. The quantitative estimate of drug-likeness (QED) is 0.653. The predicted octanol–water partition coefficient (Wildman–Crippen LogP) is 1.38. The van der Waals surface area contributed by atoms with Crippen LogP contribution in [-0.4, -0.2) is 82.4 Å². The number of rotatable bonds is 8. The van der Waals surface area contributed by atoms with Crippen molar-refractivity contribution in [2.45, 2.75) is 25.0 Å². The molecule has 1 aliphatic rings. The fraction of sp³-hybridized carbons (Fsp3) is 0.556. The van der Waals surface area contributed by atoms with E-state index in [2.05, 4.69) is 5.16 Å². The molecule has 2 heterocycles. The summed E-state index contributed by atoms with van der Waals surface area (Å²) in [6.45, 7) is 0.245. The SMILES string of the molecule is O=c1onc(-c2ccccc2)n1CC(O)CN1CCN(CC(F)(F)C(F)F)CC1. The number of halogens is 4. The van der Waals surface area contributed by atoms with E-state index in [9.17, 15) is 27.5 Å². The van der Waals surface area contributed by atoms with E-state index < -0.39 is 30.8 Å². The average molecular weight is 418 g/mol. The molecule has 1 aromatic heterocycles. The minimum Gasteiger partial charge on any atom is -0.390 e. The Morgan fingerprint density at radius 1 is 1.07 bits per heavy atom. The van der Waals surface area contributed by atoms with Crippen LogP contribution in [0.5, 0.6) is 0 Å². The van der Waals surface area contributed by atoms with Crippen LogP contribution in [0.3, 0.4) is 0 Å². The summed E-state index contributed by atoms with van der Waals surface area (Å²) in [5.41, 5.74) is 0.666. The highest BCUT2D eigenvalue weighted by Gasteiger charge is 2.42. The van der Waals surface area contributed by atoms with E-state index in [1.165, 1.54) is 9.47 Å². The van der Waals surface area contributed by atoms with Crippen molar-refractivity contribution < 1.29 is 27.2 Å². The minimum atomic E-state index is -4.04. The van der Waals surface area contributed by atoms with Crippen molar-refractivity contribution in [1.82, 2.24) is 19.5 Å². The second-order valence-corrected chi connectivity index (χ2v) is 7.04. The summed E-state index contributed by atoms with van der Waals surface area (Å²) in [4.78, 5) is 15.1. The zero-order chi connectivity index (χ0) is 21.0. The van der Waals surface area contributed by atoms with E-state index >= 15 is 0 Å². The van der Waals surface area contributed by atoms with Gasteiger partial charge in [0.1, 0.15) is 0 Å². The predicted molar refractivity (Wildman–Crippen MR) is 96.0 cm³/mol. The van der Waals surface area contributed by atoms with Crippen LogP contribution in [0, 0.1) is 0 Å². The highest BCUT2D eigenvalue weighted by molar-refractivity contribution is 5.54. The molecule has 160 valence electrons. The first-order valence-corrected chi connectivity index (χ1v) is 9.17. The Bertz CT molecular complexity index is 835. The van der Waals surface area contributed by atoms with Crippen LogP contribution in [0.1, 0.15) is 0 Å². The lowest BCUT2D eigenvalue weighted by molar-refractivity contribution is -0.145. The summed E-state index contributed by atoms with van der Waals surface area (Å²) < 4.78 is 56.9. The maximum absolute atomic E-state index is 13.2. The van der Waals surface area contributed by atoms with Gasteiger partial charge in [-0.25, -0.2) is 13.6 Å². The van der Waals surface area contributed by atoms with Gasteiger partial charge in [0, 0.05) is 38.3 Å². The minimum absolute atomic E-state index is 0.0454. The lowest BCUT2D eigenvalue weighted by atomic mass is 10.2. The van der Waals surface area contributed by atoms with Crippen LogP contribution in [0.25, 0.3) is 11.4 Å². The largest absolute Gasteiger partial charge is 0.441 e. The molecule has 0 aliphatic carbocycles. The van der Waals surface area contributed by atoms with E-state index in [1.807, 2.05) is 11.0 Å². The lowest BCUT2D eigenvalue weighted by Crippen LogP contribution is -2.52. The number of aliphatic hydroxyl groups is 1. The van der Waals surface area contributed by atoms with Gasteiger partial charge in [0.05, 0.1) is 19.2 Å². The smallest absolute Gasteiger partial charge is 0.390 e. The first kappa shape index (κ1) is 21.5. The van der Waals surface area contributed by atoms with Crippen LogP contribution >= 0.6 is 0 Å². The van der Waals surface area contributed by atoms with E-state index in [0.29, 0.717) is 24.5 Å². The van der Waals surface area contributed by atoms with Gasteiger partial charge in [-0.05, 0) is 0 Å². The van der Waals surface area contributed by atoms with Crippen molar-refractivity contribution in [3.63, 3.8) is 0 Å². The molecule has 0 radical (unpaired) electrons. The first-order chi connectivity index (χ1) is 13.8. The number of aliphatic hydroxyl groups excluding tert-OH is 1. The van der Waals surface area contributed by atoms with Gasteiger partial charge in [-0.1, -0.05) is 35.5 Å². The molecule has 11 heteroatoms. The third kappa shape index (κ3) is 5.43. The van der Waals surface area contributed by atoms with Crippen LogP contribution in [-0.2, 0) is 6.54 Å². The topological polar surface area (TPSA) is 74.7 Å². The molecule has 1 aromatic carbocycles. The van der Waals surface area contributed by atoms with Gasteiger partial charge in [-0.15, -0.1) is 0 Å². The summed E-state index contributed by atoms with van der Waals surface area (Å²) in [7, 11) is 0. The molecule has 0 amide bonds. The molecule has 1 N–H and O–H groups in total. The van der Waals surface area contributed by atoms with Gasteiger partial charge >= 0.3 is 18.1 Å². The molecular weight excluding hydrogens is 396 g/mol. The van der Waals surface area contributed by atoms with E-state index in [0.717, 1.165) is 0 Å². The molecule has 3 rings (SSSR count). The molecule has 1 atom stereocenters. The fourth-order valence-electron chi connectivity index (χ4n) is 3.29. The molecule has 29 heavy (non-hydrogen) atoms. The standard InChI is InChI=1S/C18H22F4N4O3/c19-16(20)18(21,22)12-25-8-6-24(7-9-25)10-14(27)11-26-15(23-29-17(26)28)13-4-2-1-3-5-13/h1-5,14,16,27H,6-12H2. The summed E-state index contributed by atoms with van der Waals surface area (Å²) in [5.74, 6) is -4.43. The molecule has 7 nitrogen and oxygen atoms in total. The molecule has 1 unspecified atom stereocenters. The number of benzene rings is 1. The fourth-order valence-corrected chi connectivity index (χ4v) is 3.29. The lowest BCUT2D eigenvalue weighted by Gasteiger charge is -2.36. The first-order valence-electron chi connectivity index (χ1n) is 9.17. The Hall–Kier alpha value is -2.24. The summed E-state index contributed by atoms with van der Waals surface area (Å²) >= 11 is 0. The van der Waals surface area contributed by atoms with Gasteiger partial charge in [0.25, 0.3) is 0 Å². The molecule has 1 saturated heterocycles. The van der Waals surface area contributed by atoms with Crippen molar-refractivity contribution in [3.05, 3.63) is 40.9 Å². The Labute approximate surface area is 164 Å². The van der Waals surface area contributed by atoms with Gasteiger partial charge in [0.15, 0.2) is 5.82 Å². The van der Waals surface area contributed by atoms with Crippen LogP contribution in [0.4, 0.5) is 17.6 Å². The van der Waals surface area contributed by atoms with Crippen molar-refractivity contribution in [3.8, 4) is 11.4 Å². The van der Waals surface area contributed by atoms with E-state index in [1.54, 1.807) is 24.3 Å². The Balaban J connectivity index is 1.54. The van der Waals surface area contributed by atoms with E-state index in [-0.39, 0.29) is 26.2 Å². The number of β-amino-alcohol motifs (C(OH)–C–C–N with tert-alkyl or cyclic N) is 1. The number of hydrogen-bond acceptors (Lipinski definition) is 6. The number of hydrogen-bond donors (Lipinski definition) is 1. The van der Waals surface area contributed by atoms with Gasteiger partial charge in [0.2, 0.25) is 0 Å². The third-order valence-electron chi connectivity index (χ3n) is 4.80. The molecule has 0 saturated carbocycles. The van der Waals surface area contributed by atoms with Gasteiger partial charge in [-0.3, -0.25) is 18.9 Å². The number of nitrogens with zero attached hydrogens (tertiary/aromatic N) is 4. The zero-order valence-corrected chi connectivity index (χ0v) is 15.6. The summed E-state index contributed by atoms with van der Waals surface area (Å²) in [5, 5.41) is 14.1. The number of aromatic nitrogens is 2. The number of piperazine rings is 1. The highest BCUT2D eigenvalue weighted by Crippen LogP contribution is 2.24.